The maximum atomic E-state index is 12.9. The Morgan fingerprint density at radius 3 is 2.50 bits per heavy atom. The van der Waals surface area contributed by atoms with Gasteiger partial charge in [0.05, 0.1) is 0 Å². The minimum atomic E-state index is -0.0197. The maximum absolute atomic E-state index is 12.9. The van der Waals surface area contributed by atoms with Crippen molar-refractivity contribution >= 4 is 22.7 Å². The van der Waals surface area contributed by atoms with Gasteiger partial charge in [-0.3, -0.25) is 9.59 Å². The van der Waals surface area contributed by atoms with Crippen LogP contribution in [0.3, 0.4) is 0 Å². The second-order valence-corrected chi connectivity index (χ2v) is 8.01. The van der Waals surface area contributed by atoms with Gasteiger partial charge < -0.3 is 19.5 Å². The number of aromatic nitrogens is 1. The number of carbonyl (C=O) groups excluding carboxylic acids is 2. The molecule has 0 saturated carbocycles. The number of aromatic amines is 1. The number of H-pyrrole nitrogens is 1. The van der Waals surface area contributed by atoms with E-state index in [-0.39, 0.29) is 17.7 Å². The third-order valence-electron chi connectivity index (χ3n) is 5.64. The molecule has 1 aliphatic rings. The number of hydrogen-bond acceptors (Lipinski definition) is 3. The van der Waals surface area contributed by atoms with Crippen LogP contribution in [0.2, 0.25) is 0 Å². The van der Waals surface area contributed by atoms with Crippen LogP contribution < -0.4 is 4.74 Å². The fourth-order valence-corrected chi connectivity index (χ4v) is 3.92. The molecule has 1 N–H and O–H groups in total. The first-order valence-corrected chi connectivity index (χ1v) is 10.3. The number of nitrogens with zero attached hydrogens (tertiary/aromatic N) is 2. The van der Waals surface area contributed by atoms with E-state index < -0.39 is 0 Å². The Labute approximate surface area is 176 Å². The highest BCUT2D eigenvalue weighted by atomic mass is 16.5. The molecule has 0 spiro atoms. The highest BCUT2D eigenvalue weighted by molar-refractivity contribution is 5.98. The van der Waals surface area contributed by atoms with E-state index in [2.05, 4.69) is 4.98 Å². The quantitative estimate of drug-likeness (QED) is 0.704. The number of piperidine rings is 1. The van der Waals surface area contributed by atoms with Gasteiger partial charge in [0.25, 0.3) is 5.91 Å². The number of benzene rings is 2. The van der Waals surface area contributed by atoms with E-state index >= 15 is 0 Å². The highest BCUT2D eigenvalue weighted by Crippen LogP contribution is 2.25. The highest BCUT2D eigenvalue weighted by Gasteiger charge is 2.29. The van der Waals surface area contributed by atoms with E-state index in [0.29, 0.717) is 38.2 Å². The number of amides is 2. The van der Waals surface area contributed by atoms with E-state index in [1.54, 1.807) is 19.0 Å². The van der Waals surface area contributed by atoms with Crippen molar-refractivity contribution in [2.45, 2.75) is 19.4 Å². The summed E-state index contributed by atoms with van der Waals surface area (Å²) in [4.78, 5) is 31.8. The molecule has 2 amide bonds. The van der Waals surface area contributed by atoms with Crippen LogP contribution in [0.5, 0.6) is 5.75 Å². The molecule has 0 unspecified atom stereocenters. The first-order valence-electron chi connectivity index (χ1n) is 10.3. The number of nitrogens with one attached hydrogen (secondary N) is 1. The van der Waals surface area contributed by atoms with Gasteiger partial charge in [0.1, 0.15) is 18.1 Å². The molecule has 3 aromatic rings. The summed E-state index contributed by atoms with van der Waals surface area (Å²) in [6.45, 7) is 1.70. The predicted molar refractivity (Wildman–Crippen MR) is 116 cm³/mol. The SMILES string of the molecule is CN(C)C(=O)C1CCN(C(=O)c2cc3ccc(OCc4ccccc4)cc3[nH]2)CC1. The van der Waals surface area contributed by atoms with Gasteiger partial charge in [-0.05, 0) is 36.6 Å². The Balaban J connectivity index is 1.41. The molecule has 6 nitrogen and oxygen atoms in total. The smallest absolute Gasteiger partial charge is 0.270 e. The van der Waals surface area contributed by atoms with Crippen molar-refractivity contribution in [3.63, 3.8) is 0 Å². The van der Waals surface area contributed by atoms with Gasteiger partial charge in [0.15, 0.2) is 0 Å². The zero-order valence-electron chi connectivity index (χ0n) is 17.4. The lowest BCUT2D eigenvalue weighted by Crippen LogP contribution is -2.42. The Morgan fingerprint density at radius 2 is 1.80 bits per heavy atom. The summed E-state index contributed by atoms with van der Waals surface area (Å²) >= 11 is 0. The molecular formula is C24H27N3O3. The third kappa shape index (κ3) is 4.32. The van der Waals surface area contributed by atoms with Crippen LogP contribution in [0, 0.1) is 5.92 Å². The summed E-state index contributed by atoms with van der Waals surface area (Å²) in [6.07, 6.45) is 1.42. The summed E-state index contributed by atoms with van der Waals surface area (Å²) in [6, 6.07) is 17.7. The van der Waals surface area contributed by atoms with Crippen LogP contribution in [-0.2, 0) is 11.4 Å². The largest absolute Gasteiger partial charge is 0.489 e. The van der Waals surface area contributed by atoms with Crippen molar-refractivity contribution in [2.24, 2.45) is 5.92 Å². The molecule has 0 atom stereocenters. The number of ether oxygens (including phenoxy) is 1. The van der Waals surface area contributed by atoms with Crippen LogP contribution in [0.15, 0.2) is 54.6 Å². The molecule has 156 valence electrons. The van der Waals surface area contributed by atoms with Gasteiger partial charge >= 0.3 is 0 Å². The van der Waals surface area contributed by atoms with Crippen LogP contribution in [0.4, 0.5) is 0 Å². The zero-order chi connectivity index (χ0) is 21.1. The predicted octanol–water partition coefficient (Wildman–Crippen LogP) is 3.69. The minimum absolute atomic E-state index is 0.0103. The van der Waals surface area contributed by atoms with Crippen LogP contribution in [0.1, 0.15) is 28.9 Å². The van der Waals surface area contributed by atoms with E-state index in [4.69, 9.17) is 4.74 Å². The van der Waals surface area contributed by atoms with Crippen molar-refractivity contribution < 1.29 is 14.3 Å². The summed E-state index contributed by atoms with van der Waals surface area (Å²) < 4.78 is 5.89. The molecule has 1 aliphatic heterocycles. The molecule has 30 heavy (non-hydrogen) atoms. The molecule has 6 heteroatoms. The Kier molecular flexibility index (Phi) is 5.74. The molecule has 2 aromatic carbocycles. The number of rotatable bonds is 5. The first kappa shape index (κ1) is 20.0. The molecule has 1 aromatic heterocycles. The molecule has 1 fully saturated rings. The summed E-state index contributed by atoms with van der Waals surface area (Å²) in [5.74, 6) is 0.899. The second-order valence-electron chi connectivity index (χ2n) is 8.01. The monoisotopic (exact) mass is 405 g/mol. The standard InChI is InChI=1S/C24H27N3O3/c1-26(2)23(28)18-10-12-27(13-11-18)24(29)22-14-19-8-9-20(15-21(19)25-22)30-16-17-6-4-3-5-7-17/h3-9,14-15,18,25H,10-13,16H2,1-2H3. The van der Waals surface area contributed by atoms with Crippen molar-refractivity contribution in [3.05, 3.63) is 65.9 Å². The number of hydrogen-bond donors (Lipinski definition) is 1. The molecule has 0 radical (unpaired) electrons. The Bertz CT molecular complexity index is 1030. The van der Waals surface area contributed by atoms with Crippen molar-refractivity contribution in [1.82, 2.24) is 14.8 Å². The lowest BCUT2D eigenvalue weighted by molar-refractivity contribution is -0.134. The normalized spacial score (nSPS) is 14.7. The molecule has 1 saturated heterocycles. The van der Waals surface area contributed by atoms with Crippen LogP contribution in [0.25, 0.3) is 10.9 Å². The van der Waals surface area contributed by atoms with E-state index in [1.807, 2.05) is 59.5 Å². The van der Waals surface area contributed by atoms with E-state index in [9.17, 15) is 9.59 Å². The number of likely N-dealkylation sites (tertiary alicyclic amines) is 1. The zero-order valence-corrected chi connectivity index (χ0v) is 17.4. The fraction of sp³-hybridized carbons (Fsp3) is 0.333. The van der Waals surface area contributed by atoms with E-state index in [1.165, 1.54) is 0 Å². The second kappa shape index (κ2) is 8.61. The Morgan fingerprint density at radius 1 is 1.07 bits per heavy atom. The van der Waals surface area contributed by atoms with Gasteiger partial charge in [0.2, 0.25) is 5.91 Å². The average Bonchev–Trinajstić information content (AvgIpc) is 3.21. The number of fused-ring (bicyclic) bond motifs is 1. The van der Waals surface area contributed by atoms with Crippen molar-refractivity contribution in [2.75, 3.05) is 27.2 Å². The lowest BCUT2D eigenvalue weighted by atomic mass is 9.95. The molecule has 2 heterocycles. The van der Waals surface area contributed by atoms with E-state index in [0.717, 1.165) is 22.2 Å². The van der Waals surface area contributed by atoms with Gasteiger partial charge in [-0.15, -0.1) is 0 Å². The average molecular weight is 405 g/mol. The Hall–Kier alpha value is -3.28. The topological polar surface area (TPSA) is 65.6 Å². The fourth-order valence-electron chi connectivity index (χ4n) is 3.92. The molecule has 0 aliphatic carbocycles. The minimum Gasteiger partial charge on any atom is -0.489 e. The summed E-state index contributed by atoms with van der Waals surface area (Å²) in [5.41, 5.74) is 2.56. The van der Waals surface area contributed by atoms with Gasteiger partial charge in [0, 0.05) is 50.1 Å². The molecule has 0 bridgehead atoms. The van der Waals surface area contributed by atoms with Gasteiger partial charge in [-0.1, -0.05) is 30.3 Å². The summed E-state index contributed by atoms with van der Waals surface area (Å²) in [5, 5.41) is 0.975. The van der Waals surface area contributed by atoms with Gasteiger partial charge in [-0.25, -0.2) is 0 Å². The van der Waals surface area contributed by atoms with Crippen LogP contribution >= 0.6 is 0 Å². The molecular weight excluding hydrogens is 378 g/mol. The number of carbonyl (C=O) groups is 2. The van der Waals surface area contributed by atoms with Crippen LogP contribution in [-0.4, -0.2) is 53.8 Å². The van der Waals surface area contributed by atoms with Crippen molar-refractivity contribution in [3.8, 4) is 5.75 Å². The lowest BCUT2D eigenvalue weighted by Gasteiger charge is -2.32. The first-order chi connectivity index (χ1) is 14.5. The van der Waals surface area contributed by atoms with Crippen molar-refractivity contribution in [1.29, 1.82) is 0 Å². The summed E-state index contributed by atoms with van der Waals surface area (Å²) in [7, 11) is 3.56. The third-order valence-corrected chi connectivity index (χ3v) is 5.64. The molecule has 4 rings (SSSR count). The maximum Gasteiger partial charge on any atom is 0.270 e. The van der Waals surface area contributed by atoms with Gasteiger partial charge in [-0.2, -0.15) is 0 Å².